The van der Waals surface area contributed by atoms with Crippen LogP contribution in [0.4, 0.5) is 0 Å². The zero-order valence-corrected chi connectivity index (χ0v) is 12.2. The molecule has 0 amide bonds. The summed E-state index contributed by atoms with van der Waals surface area (Å²) in [6, 6.07) is 11.8. The molecule has 0 bridgehead atoms. The van der Waals surface area contributed by atoms with Gasteiger partial charge in [0.1, 0.15) is 11.5 Å². The van der Waals surface area contributed by atoms with E-state index in [4.69, 9.17) is 4.74 Å². The number of Topliss-reactive ketones (excluding diaryl/α,β-unsaturated/α-hetero) is 1. The molecule has 0 N–H and O–H groups in total. The van der Waals surface area contributed by atoms with Crippen LogP contribution in [-0.4, -0.2) is 17.9 Å². The van der Waals surface area contributed by atoms with Crippen LogP contribution in [0.15, 0.2) is 42.6 Å². The maximum Gasteiger partial charge on any atom is 0.146 e. The fourth-order valence-electron chi connectivity index (χ4n) is 3.08. The fourth-order valence-corrected chi connectivity index (χ4v) is 3.08. The van der Waals surface area contributed by atoms with Gasteiger partial charge in [0, 0.05) is 18.2 Å². The van der Waals surface area contributed by atoms with Crippen LogP contribution in [0.25, 0.3) is 0 Å². The topological polar surface area (TPSA) is 39.2 Å². The lowest BCUT2D eigenvalue weighted by Crippen LogP contribution is -2.21. The Morgan fingerprint density at radius 3 is 3.00 bits per heavy atom. The quantitative estimate of drug-likeness (QED) is 0.863. The van der Waals surface area contributed by atoms with E-state index in [0.29, 0.717) is 6.42 Å². The first-order valence-corrected chi connectivity index (χ1v) is 7.38. The number of fused-ring (bicyclic) bond motifs is 1. The van der Waals surface area contributed by atoms with Crippen molar-refractivity contribution in [2.45, 2.75) is 31.6 Å². The van der Waals surface area contributed by atoms with Crippen molar-refractivity contribution >= 4 is 5.78 Å². The van der Waals surface area contributed by atoms with Crippen molar-refractivity contribution in [3.05, 3.63) is 59.4 Å². The van der Waals surface area contributed by atoms with E-state index in [2.05, 4.69) is 11.1 Å². The lowest BCUT2D eigenvalue weighted by Gasteiger charge is -2.23. The van der Waals surface area contributed by atoms with E-state index < -0.39 is 0 Å². The normalized spacial score (nSPS) is 17.1. The molecule has 1 atom stereocenters. The molecule has 0 fully saturated rings. The number of rotatable bonds is 4. The summed E-state index contributed by atoms with van der Waals surface area (Å²) in [6.07, 6.45) is 5.18. The summed E-state index contributed by atoms with van der Waals surface area (Å²) in [6.45, 7) is 0. The van der Waals surface area contributed by atoms with Crippen LogP contribution in [0, 0.1) is 0 Å². The number of nitrogens with zero attached hydrogens (tertiary/aromatic N) is 1. The van der Waals surface area contributed by atoms with Crippen LogP contribution in [0.5, 0.6) is 5.75 Å². The van der Waals surface area contributed by atoms with Crippen molar-refractivity contribution in [3.8, 4) is 5.75 Å². The Labute approximate surface area is 125 Å². The zero-order chi connectivity index (χ0) is 14.7. The number of para-hydroxylation sites is 1. The molecular weight excluding hydrogens is 262 g/mol. The minimum atomic E-state index is -0.0696. The molecule has 0 saturated heterocycles. The van der Waals surface area contributed by atoms with Crippen LogP contribution < -0.4 is 4.74 Å². The third-order valence-corrected chi connectivity index (χ3v) is 4.14. The van der Waals surface area contributed by atoms with Crippen LogP contribution in [0.3, 0.4) is 0 Å². The van der Waals surface area contributed by atoms with Gasteiger partial charge in [-0.05, 0) is 37.0 Å². The molecule has 0 radical (unpaired) electrons. The van der Waals surface area contributed by atoms with E-state index in [0.717, 1.165) is 36.3 Å². The van der Waals surface area contributed by atoms with Gasteiger partial charge >= 0.3 is 0 Å². The molecule has 2 aromatic rings. The number of carbonyl (C=O) groups is 1. The van der Waals surface area contributed by atoms with Crippen LogP contribution in [-0.2, 0) is 17.6 Å². The van der Waals surface area contributed by atoms with E-state index >= 15 is 0 Å². The van der Waals surface area contributed by atoms with E-state index in [1.165, 1.54) is 5.56 Å². The number of aromatic nitrogens is 1. The molecule has 1 aromatic carbocycles. The molecule has 1 unspecified atom stereocenters. The van der Waals surface area contributed by atoms with Gasteiger partial charge in [0.25, 0.3) is 0 Å². The summed E-state index contributed by atoms with van der Waals surface area (Å²) in [5.74, 6) is 0.946. The summed E-state index contributed by atoms with van der Waals surface area (Å²) in [7, 11) is 1.64. The van der Waals surface area contributed by atoms with E-state index in [1.54, 1.807) is 13.3 Å². The van der Waals surface area contributed by atoms with Crippen LogP contribution >= 0.6 is 0 Å². The lowest BCUT2D eigenvalue weighted by molar-refractivity contribution is -0.120. The molecular formula is C18H19NO2. The second-order valence-corrected chi connectivity index (χ2v) is 5.45. The van der Waals surface area contributed by atoms with Gasteiger partial charge in [0.2, 0.25) is 0 Å². The third kappa shape index (κ3) is 2.82. The average Bonchev–Trinajstić information content (AvgIpc) is 2.54. The Bertz CT molecular complexity index is 651. The first-order chi connectivity index (χ1) is 10.3. The maximum atomic E-state index is 12.7. The number of benzene rings is 1. The fraction of sp³-hybridized carbons (Fsp3) is 0.333. The number of ether oxygens (including phenoxy) is 1. The highest BCUT2D eigenvalue weighted by Crippen LogP contribution is 2.32. The predicted octanol–water partition coefficient (Wildman–Crippen LogP) is 3.32. The van der Waals surface area contributed by atoms with Crippen molar-refractivity contribution < 1.29 is 9.53 Å². The number of carbonyl (C=O) groups excluding carboxylic acids is 1. The Hall–Kier alpha value is -2.16. The van der Waals surface area contributed by atoms with Gasteiger partial charge in [0.15, 0.2) is 0 Å². The van der Waals surface area contributed by atoms with Gasteiger partial charge in [-0.3, -0.25) is 9.78 Å². The van der Waals surface area contributed by atoms with Crippen LogP contribution in [0.2, 0.25) is 0 Å². The smallest absolute Gasteiger partial charge is 0.146 e. The van der Waals surface area contributed by atoms with Gasteiger partial charge < -0.3 is 4.74 Å². The predicted molar refractivity (Wildman–Crippen MR) is 81.6 cm³/mol. The highest BCUT2D eigenvalue weighted by Gasteiger charge is 2.27. The largest absolute Gasteiger partial charge is 0.496 e. The summed E-state index contributed by atoms with van der Waals surface area (Å²) in [5.41, 5.74) is 3.15. The molecule has 1 aliphatic rings. The molecule has 108 valence electrons. The number of methoxy groups -OCH3 is 1. The molecule has 1 aromatic heterocycles. The minimum Gasteiger partial charge on any atom is -0.496 e. The van der Waals surface area contributed by atoms with Crippen molar-refractivity contribution in [2.75, 3.05) is 7.11 Å². The number of aryl methyl sites for hydroxylation is 1. The Morgan fingerprint density at radius 1 is 1.29 bits per heavy atom. The van der Waals surface area contributed by atoms with E-state index in [9.17, 15) is 4.79 Å². The summed E-state index contributed by atoms with van der Waals surface area (Å²) in [5, 5.41) is 0. The monoisotopic (exact) mass is 281 g/mol. The summed E-state index contributed by atoms with van der Waals surface area (Å²) < 4.78 is 5.34. The van der Waals surface area contributed by atoms with E-state index in [1.807, 2.05) is 30.3 Å². The Morgan fingerprint density at radius 2 is 2.14 bits per heavy atom. The molecule has 0 spiro atoms. The molecule has 3 nitrogen and oxygen atoms in total. The number of pyridine rings is 1. The standard InChI is InChI=1S/C18H19NO2/c1-21-17-10-3-2-6-14(17)12-16(20)15-9-4-7-13-8-5-11-19-18(13)15/h2-3,5-6,8,10-11,15H,4,7,9,12H2,1H3. The average molecular weight is 281 g/mol. The van der Waals surface area contributed by atoms with Gasteiger partial charge in [-0.15, -0.1) is 0 Å². The Balaban J connectivity index is 1.84. The zero-order valence-electron chi connectivity index (χ0n) is 12.2. The lowest BCUT2D eigenvalue weighted by atomic mass is 9.82. The van der Waals surface area contributed by atoms with Crippen LogP contribution in [0.1, 0.15) is 35.6 Å². The number of ketones is 1. The SMILES string of the molecule is COc1ccccc1CC(=O)C1CCCc2cccnc21. The van der Waals surface area contributed by atoms with Gasteiger partial charge in [-0.25, -0.2) is 0 Å². The van der Waals surface area contributed by atoms with Crippen molar-refractivity contribution in [1.82, 2.24) is 4.98 Å². The second kappa shape index (κ2) is 6.08. The van der Waals surface area contributed by atoms with Crippen molar-refractivity contribution in [1.29, 1.82) is 0 Å². The summed E-state index contributed by atoms with van der Waals surface area (Å²) in [4.78, 5) is 17.2. The molecule has 0 saturated carbocycles. The number of hydrogen-bond acceptors (Lipinski definition) is 3. The number of hydrogen-bond donors (Lipinski definition) is 0. The molecule has 1 aliphatic carbocycles. The van der Waals surface area contributed by atoms with Gasteiger partial charge in [-0.2, -0.15) is 0 Å². The highest BCUT2D eigenvalue weighted by atomic mass is 16.5. The molecule has 1 heterocycles. The van der Waals surface area contributed by atoms with E-state index in [-0.39, 0.29) is 11.7 Å². The molecule has 3 rings (SSSR count). The van der Waals surface area contributed by atoms with Gasteiger partial charge in [0.05, 0.1) is 18.7 Å². The first kappa shape index (κ1) is 13.8. The van der Waals surface area contributed by atoms with Gasteiger partial charge in [-0.1, -0.05) is 24.3 Å². The summed E-state index contributed by atoms with van der Waals surface area (Å²) >= 11 is 0. The second-order valence-electron chi connectivity index (χ2n) is 5.45. The molecule has 21 heavy (non-hydrogen) atoms. The minimum absolute atomic E-state index is 0.0696. The van der Waals surface area contributed by atoms with Crippen molar-refractivity contribution in [3.63, 3.8) is 0 Å². The first-order valence-electron chi connectivity index (χ1n) is 7.38. The maximum absolute atomic E-state index is 12.7. The Kier molecular flexibility index (Phi) is 4.00. The molecule has 3 heteroatoms. The third-order valence-electron chi connectivity index (χ3n) is 4.14. The highest BCUT2D eigenvalue weighted by molar-refractivity contribution is 5.88. The van der Waals surface area contributed by atoms with Crippen molar-refractivity contribution in [2.24, 2.45) is 0 Å². The molecule has 0 aliphatic heterocycles.